The fourth-order valence-corrected chi connectivity index (χ4v) is 2.56. The van der Waals surface area contributed by atoms with Crippen molar-refractivity contribution in [1.29, 1.82) is 0 Å². The van der Waals surface area contributed by atoms with Gasteiger partial charge in [-0.2, -0.15) is 0 Å². The molecule has 1 unspecified atom stereocenters. The predicted octanol–water partition coefficient (Wildman–Crippen LogP) is -2.12. The van der Waals surface area contributed by atoms with Crippen LogP contribution < -0.4 is 27.8 Å². The molecule has 0 spiro atoms. The zero-order valence-corrected chi connectivity index (χ0v) is 19.9. The van der Waals surface area contributed by atoms with Crippen molar-refractivity contribution in [2.45, 2.75) is 59.0 Å². The van der Waals surface area contributed by atoms with Crippen molar-refractivity contribution in [2.75, 3.05) is 33.4 Å². The molecule has 0 radical (unpaired) electrons. The molecule has 186 valence electrons. The van der Waals surface area contributed by atoms with E-state index in [1.54, 1.807) is 6.92 Å². The van der Waals surface area contributed by atoms with Gasteiger partial charge in [0.15, 0.2) is 6.17 Å². The van der Waals surface area contributed by atoms with E-state index in [1.807, 2.05) is 27.7 Å². The molecule has 0 heterocycles. The molecule has 8 N–H and O–H groups in total. The highest BCUT2D eigenvalue weighted by molar-refractivity contribution is 5.92. The topological polar surface area (TPSA) is 192 Å². The summed E-state index contributed by atoms with van der Waals surface area (Å²) in [6.45, 7) is 9.80. The molecule has 0 rings (SSSR count). The summed E-state index contributed by atoms with van der Waals surface area (Å²) in [6, 6.07) is -2.01. The molecule has 0 aromatic heterocycles. The molecule has 0 fully saturated rings. The first kappa shape index (κ1) is 29.7. The van der Waals surface area contributed by atoms with Gasteiger partial charge in [0.05, 0.1) is 19.3 Å². The van der Waals surface area contributed by atoms with Crippen molar-refractivity contribution in [2.24, 2.45) is 29.0 Å². The van der Waals surface area contributed by atoms with Crippen molar-refractivity contribution in [3.63, 3.8) is 0 Å². The Morgan fingerprint density at radius 2 is 1.47 bits per heavy atom. The van der Waals surface area contributed by atoms with Crippen LogP contribution in [0.3, 0.4) is 0 Å². The Morgan fingerprint density at radius 1 is 0.906 bits per heavy atom. The van der Waals surface area contributed by atoms with Crippen molar-refractivity contribution in [3.05, 3.63) is 0 Å². The number of nitrogens with one attached hydrogen (secondary N) is 2. The second-order valence-electron chi connectivity index (χ2n) is 8.53. The minimum absolute atomic E-state index is 0.0206. The van der Waals surface area contributed by atoms with Gasteiger partial charge in [-0.1, -0.05) is 27.7 Å². The summed E-state index contributed by atoms with van der Waals surface area (Å²) in [6.07, 6.45) is -2.06. The summed E-state index contributed by atoms with van der Waals surface area (Å²) in [7, 11) is 1.39. The Morgan fingerprint density at radius 3 is 1.97 bits per heavy atom. The molecule has 0 saturated heterocycles. The van der Waals surface area contributed by atoms with E-state index in [1.165, 1.54) is 7.05 Å². The van der Waals surface area contributed by atoms with E-state index >= 15 is 0 Å². The van der Waals surface area contributed by atoms with Crippen LogP contribution in [0.5, 0.6) is 0 Å². The number of hydrogen-bond acceptors (Lipinski definition) is 8. The van der Waals surface area contributed by atoms with E-state index in [0.29, 0.717) is 13.2 Å². The first-order valence-corrected chi connectivity index (χ1v) is 10.6. The van der Waals surface area contributed by atoms with Crippen LogP contribution in [0.4, 0.5) is 0 Å². The fourth-order valence-electron chi connectivity index (χ4n) is 2.56. The van der Waals surface area contributed by atoms with Crippen molar-refractivity contribution in [1.82, 2.24) is 15.5 Å². The van der Waals surface area contributed by atoms with Crippen LogP contribution in [-0.2, 0) is 28.7 Å². The minimum atomic E-state index is -1.42. The van der Waals surface area contributed by atoms with Gasteiger partial charge in [-0.05, 0) is 18.8 Å². The third kappa shape index (κ3) is 11.4. The molecule has 0 aliphatic heterocycles. The van der Waals surface area contributed by atoms with Crippen LogP contribution in [-0.4, -0.2) is 86.3 Å². The number of hydrogen-bond donors (Lipinski definition) is 5. The van der Waals surface area contributed by atoms with Crippen LogP contribution in [0.2, 0.25) is 0 Å². The Hall–Kier alpha value is -2.28. The number of carbonyl (C=O) groups is 4. The highest BCUT2D eigenvalue weighted by Crippen LogP contribution is 2.09. The predicted molar refractivity (Wildman–Crippen MR) is 119 cm³/mol. The Kier molecular flexibility index (Phi) is 13.7. The fraction of sp³-hybridized carbons (Fsp3) is 0.800. The molecule has 4 amide bonds. The highest BCUT2D eigenvalue weighted by atomic mass is 16.5. The molecule has 32 heavy (non-hydrogen) atoms. The molecular weight excluding hydrogens is 420 g/mol. The molecule has 0 aromatic carbocycles. The monoisotopic (exact) mass is 460 g/mol. The van der Waals surface area contributed by atoms with Gasteiger partial charge in [0.25, 0.3) is 5.91 Å². The summed E-state index contributed by atoms with van der Waals surface area (Å²) < 4.78 is 10.9. The quantitative estimate of drug-likeness (QED) is 0.171. The van der Waals surface area contributed by atoms with Crippen molar-refractivity contribution < 1.29 is 28.7 Å². The van der Waals surface area contributed by atoms with Gasteiger partial charge >= 0.3 is 0 Å². The van der Waals surface area contributed by atoms with E-state index in [4.69, 9.17) is 26.7 Å². The van der Waals surface area contributed by atoms with E-state index in [2.05, 4.69) is 10.6 Å². The zero-order valence-electron chi connectivity index (χ0n) is 19.9. The van der Waals surface area contributed by atoms with Crippen LogP contribution in [0, 0.1) is 11.8 Å². The maximum atomic E-state index is 12.4. The van der Waals surface area contributed by atoms with E-state index in [9.17, 15) is 19.2 Å². The van der Waals surface area contributed by atoms with Gasteiger partial charge in [0, 0.05) is 20.3 Å². The third-order valence-electron chi connectivity index (χ3n) is 4.32. The number of amides is 4. The molecule has 0 aliphatic carbocycles. The minimum Gasteiger partial charge on any atom is -0.379 e. The first-order valence-electron chi connectivity index (χ1n) is 10.6. The standard InChI is InChI=1S/C20H40N6O6/c1-11(2)8-31-10-14(21)19(29)25-17(22)20(30)24-7-15(27)26(6)16(18(23)28)13(5)32-9-12(3)4/h11-14,16-17H,7-10,21-22H2,1-6H3,(H2,23,28)(H,24,30)(H,25,29)/t13?,14-,16+,17+/m1/s1. The van der Waals surface area contributed by atoms with E-state index < -0.39 is 54.5 Å². The molecule has 0 aliphatic rings. The summed E-state index contributed by atoms with van der Waals surface area (Å²) in [5, 5.41) is 4.57. The van der Waals surface area contributed by atoms with Crippen molar-refractivity contribution >= 4 is 23.6 Å². The summed E-state index contributed by atoms with van der Waals surface area (Å²) >= 11 is 0. The molecule has 0 bridgehead atoms. The smallest absolute Gasteiger partial charge is 0.257 e. The van der Waals surface area contributed by atoms with Crippen LogP contribution in [0.25, 0.3) is 0 Å². The lowest BCUT2D eigenvalue weighted by molar-refractivity contribution is -0.143. The lowest BCUT2D eigenvalue weighted by Gasteiger charge is -2.31. The van der Waals surface area contributed by atoms with Gasteiger partial charge in [-0.3, -0.25) is 19.2 Å². The number of likely N-dealkylation sites (N-methyl/N-ethyl adjacent to an activating group) is 1. The summed E-state index contributed by atoms with van der Waals surface area (Å²) in [5.74, 6) is -2.26. The Labute approximate surface area is 189 Å². The number of primary amides is 1. The lowest BCUT2D eigenvalue weighted by Crippen LogP contribution is -2.58. The van der Waals surface area contributed by atoms with Gasteiger partial charge in [0.2, 0.25) is 17.7 Å². The molecule has 0 aromatic rings. The maximum Gasteiger partial charge on any atom is 0.257 e. The van der Waals surface area contributed by atoms with Crippen LogP contribution in [0.1, 0.15) is 34.6 Å². The number of nitrogens with zero attached hydrogens (tertiary/aromatic N) is 1. The molecule has 0 saturated carbocycles. The van der Waals surface area contributed by atoms with Gasteiger partial charge < -0.3 is 42.2 Å². The number of ether oxygens (including phenoxy) is 2. The second-order valence-corrected chi connectivity index (χ2v) is 8.53. The molecule has 12 heteroatoms. The SMILES string of the molecule is CC(C)COC[C@@H](N)C(=O)N[C@H](N)C(=O)NCC(=O)N(C)[C@H](C(N)=O)C(C)OCC(C)C. The highest BCUT2D eigenvalue weighted by Gasteiger charge is 2.31. The van der Waals surface area contributed by atoms with Gasteiger partial charge in [-0.25, -0.2) is 0 Å². The molecule has 4 atom stereocenters. The average Bonchev–Trinajstić information content (AvgIpc) is 2.69. The average molecular weight is 461 g/mol. The van der Waals surface area contributed by atoms with Gasteiger partial charge in [-0.15, -0.1) is 0 Å². The van der Waals surface area contributed by atoms with Crippen LogP contribution in [0.15, 0.2) is 0 Å². The lowest BCUT2D eigenvalue weighted by atomic mass is 10.1. The Balaban J connectivity index is 4.66. The molecule has 12 nitrogen and oxygen atoms in total. The normalized spacial score (nSPS) is 15.1. The summed E-state index contributed by atoms with van der Waals surface area (Å²) in [4.78, 5) is 49.6. The van der Waals surface area contributed by atoms with Crippen molar-refractivity contribution in [3.8, 4) is 0 Å². The van der Waals surface area contributed by atoms with E-state index in [-0.39, 0.29) is 18.4 Å². The largest absolute Gasteiger partial charge is 0.379 e. The number of nitrogens with two attached hydrogens (primary N) is 3. The third-order valence-corrected chi connectivity index (χ3v) is 4.32. The summed E-state index contributed by atoms with van der Waals surface area (Å²) in [5.41, 5.74) is 16.8. The first-order chi connectivity index (χ1) is 14.8. The van der Waals surface area contributed by atoms with E-state index in [0.717, 1.165) is 4.90 Å². The Bertz CT molecular complexity index is 630. The van der Waals surface area contributed by atoms with Crippen LogP contribution >= 0.6 is 0 Å². The molecular formula is C20H40N6O6. The number of rotatable bonds is 15. The van der Waals surface area contributed by atoms with Gasteiger partial charge in [0.1, 0.15) is 12.1 Å². The second kappa shape index (κ2) is 14.7. The number of carbonyl (C=O) groups excluding carboxylic acids is 4. The maximum absolute atomic E-state index is 12.4. The zero-order chi connectivity index (χ0) is 25.0.